The summed E-state index contributed by atoms with van der Waals surface area (Å²) >= 11 is 11.9. The van der Waals surface area contributed by atoms with Gasteiger partial charge in [-0.15, -0.1) is 0 Å². The first-order chi connectivity index (χ1) is 9.80. The molecule has 0 aliphatic heterocycles. The number of hydrogen-bond donors (Lipinski definition) is 0. The first-order valence-corrected chi connectivity index (χ1v) is 9.54. The van der Waals surface area contributed by atoms with Crippen LogP contribution in [0, 0.1) is 17.1 Å². The summed E-state index contributed by atoms with van der Waals surface area (Å²) in [5.41, 5.74) is 0.356. The Morgan fingerprint density at radius 1 is 1.19 bits per heavy atom. The van der Waals surface area contributed by atoms with Crippen LogP contribution in [0.2, 0.25) is 10.0 Å². The molecule has 21 heavy (non-hydrogen) atoms. The minimum Gasteiger partial charge on any atom is -0.319 e. The molecule has 2 rings (SSSR count). The van der Waals surface area contributed by atoms with Crippen LogP contribution in [0.15, 0.2) is 29.4 Å². The van der Waals surface area contributed by atoms with Gasteiger partial charge in [0.25, 0.3) is 0 Å². The van der Waals surface area contributed by atoms with Gasteiger partial charge < -0.3 is 4.57 Å². The number of nitriles is 1. The second-order valence-corrected chi connectivity index (χ2v) is 10.2. The third-order valence-electron chi connectivity index (χ3n) is 2.61. The summed E-state index contributed by atoms with van der Waals surface area (Å²) in [4.78, 5) is 0.160. The van der Waals surface area contributed by atoms with Crippen LogP contribution >= 0.6 is 53.0 Å². The molecule has 1 heterocycles. The standard InChI is InChI=1S/C12H6Cl4F2N2S/c13-9-1-8(18)2-10(14)12(9)20-4-7(3-19)11(5-20)21(15,16)6-17/h1-2,4-5H,6H2. The molecule has 2 nitrogen and oxygen atoms in total. The van der Waals surface area contributed by atoms with Crippen LogP contribution in [0.4, 0.5) is 8.78 Å². The molecule has 0 fully saturated rings. The van der Waals surface area contributed by atoms with E-state index >= 15 is 0 Å². The Morgan fingerprint density at radius 3 is 2.24 bits per heavy atom. The van der Waals surface area contributed by atoms with Gasteiger partial charge >= 0.3 is 0 Å². The first kappa shape index (κ1) is 16.7. The summed E-state index contributed by atoms with van der Waals surface area (Å²) < 4.78 is 27.5. The Labute approximate surface area is 140 Å². The first-order valence-electron chi connectivity index (χ1n) is 5.33. The predicted molar refractivity (Wildman–Crippen MR) is 84.0 cm³/mol. The Morgan fingerprint density at radius 2 is 1.76 bits per heavy atom. The van der Waals surface area contributed by atoms with E-state index in [2.05, 4.69) is 0 Å². The van der Waals surface area contributed by atoms with Crippen LogP contribution in [-0.2, 0) is 0 Å². The van der Waals surface area contributed by atoms with Gasteiger partial charge in [0, 0.05) is 12.4 Å². The van der Waals surface area contributed by atoms with Crippen LogP contribution < -0.4 is 0 Å². The van der Waals surface area contributed by atoms with Crippen molar-refractivity contribution in [3.63, 3.8) is 0 Å². The molecule has 0 saturated carbocycles. The third kappa shape index (κ3) is 3.25. The topological polar surface area (TPSA) is 28.7 Å². The molecule has 0 aliphatic carbocycles. The van der Waals surface area contributed by atoms with Gasteiger partial charge in [0.1, 0.15) is 17.9 Å². The molecule has 1 aromatic heterocycles. The highest BCUT2D eigenvalue weighted by Gasteiger charge is 2.27. The highest BCUT2D eigenvalue weighted by molar-refractivity contribution is 8.65. The molecule has 0 bridgehead atoms. The van der Waals surface area contributed by atoms with E-state index in [4.69, 9.17) is 49.8 Å². The summed E-state index contributed by atoms with van der Waals surface area (Å²) in [5.74, 6) is -0.597. The molecule has 0 amide bonds. The van der Waals surface area contributed by atoms with Crippen molar-refractivity contribution in [1.29, 1.82) is 5.26 Å². The van der Waals surface area contributed by atoms with E-state index in [1.807, 2.05) is 6.07 Å². The Kier molecular flexibility index (Phi) is 4.96. The fourth-order valence-electron chi connectivity index (χ4n) is 1.73. The van der Waals surface area contributed by atoms with E-state index in [9.17, 15) is 8.78 Å². The average molecular weight is 390 g/mol. The third-order valence-corrected chi connectivity index (χ3v) is 5.92. The Balaban J connectivity index is 2.66. The van der Waals surface area contributed by atoms with Crippen LogP contribution in [-0.4, -0.2) is 10.6 Å². The number of hydrogen-bond acceptors (Lipinski definition) is 1. The molecule has 9 heteroatoms. The normalized spacial score (nSPS) is 12.2. The van der Waals surface area contributed by atoms with Crippen LogP contribution in [0.3, 0.4) is 0 Å². The van der Waals surface area contributed by atoms with Gasteiger partial charge in [0.2, 0.25) is 0 Å². The second kappa shape index (κ2) is 6.23. The zero-order valence-corrected chi connectivity index (χ0v) is 13.9. The molecule has 0 atom stereocenters. The molecular weight excluding hydrogens is 384 g/mol. The highest BCUT2D eigenvalue weighted by atomic mass is 36.0. The summed E-state index contributed by atoms with van der Waals surface area (Å²) in [5, 5.41) is 9.18. The van der Waals surface area contributed by atoms with Crippen molar-refractivity contribution < 1.29 is 8.78 Å². The van der Waals surface area contributed by atoms with E-state index in [1.165, 1.54) is 17.0 Å². The zero-order valence-electron chi connectivity index (χ0n) is 10.1. The van der Waals surface area contributed by atoms with E-state index in [0.717, 1.165) is 12.1 Å². The van der Waals surface area contributed by atoms with Gasteiger partial charge in [-0.25, -0.2) is 8.78 Å². The summed E-state index contributed by atoms with van der Waals surface area (Å²) in [7, 11) is 9.05. The van der Waals surface area contributed by atoms with E-state index in [1.54, 1.807) is 0 Å². The average Bonchev–Trinajstić information content (AvgIpc) is 2.82. The molecule has 112 valence electrons. The summed E-state index contributed by atoms with van der Waals surface area (Å²) in [6, 6.07) is 3.03. The van der Waals surface area contributed by atoms with Crippen molar-refractivity contribution >= 4 is 53.0 Å². The molecule has 1 aromatic carbocycles. The van der Waals surface area contributed by atoms with Gasteiger partial charge in [-0.1, -0.05) is 23.2 Å². The van der Waals surface area contributed by atoms with Crippen LogP contribution in [0.5, 0.6) is 0 Å². The quantitative estimate of drug-likeness (QED) is 0.614. The summed E-state index contributed by atoms with van der Waals surface area (Å²) in [6.45, 7) is 0. The molecule has 0 unspecified atom stereocenters. The van der Waals surface area contributed by atoms with Crippen molar-refractivity contribution in [2.24, 2.45) is 0 Å². The fourth-order valence-corrected chi connectivity index (χ4v) is 3.93. The summed E-state index contributed by atoms with van der Waals surface area (Å²) in [6.07, 6.45) is 2.74. The number of rotatable bonds is 3. The number of nitrogens with zero attached hydrogens (tertiary/aromatic N) is 2. The number of alkyl halides is 1. The Bertz CT molecular complexity index is 716. The lowest BCUT2D eigenvalue weighted by atomic mass is 10.3. The van der Waals surface area contributed by atoms with E-state index < -0.39 is 20.3 Å². The second-order valence-electron chi connectivity index (χ2n) is 3.96. The maximum absolute atomic E-state index is 13.2. The van der Waals surface area contributed by atoms with Crippen LogP contribution in [0.25, 0.3) is 5.69 Å². The highest BCUT2D eigenvalue weighted by Crippen LogP contribution is 2.66. The van der Waals surface area contributed by atoms with Crippen molar-refractivity contribution in [3.05, 3.63) is 46.0 Å². The lowest BCUT2D eigenvalue weighted by molar-refractivity contribution is 0.603. The molecule has 0 spiro atoms. The molecule has 2 aromatic rings. The lowest BCUT2D eigenvalue weighted by Crippen LogP contribution is -1.94. The molecule has 0 N–H and O–H groups in total. The molecule has 0 saturated heterocycles. The number of aromatic nitrogens is 1. The predicted octanol–water partition coefficient (Wildman–Crippen LogP) is 6.19. The Hall–Kier alpha value is -0.640. The van der Waals surface area contributed by atoms with Gasteiger partial charge in [0.15, 0.2) is 0 Å². The van der Waals surface area contributed by atoms with Gasteiger partial charge in [-0.3, -0.25) is 0 Å². The van der Waals surface area contributed by atoms with E-state index in [0.29, 0.717) is 0 Å². The van der Waals surface area contributed by atoms with Crippen molar-refractivity contribution in [2.75, 3.05) is 6.01 Å². The lowest BCUT2D eigenvalue weighted by Gasteiger charge is -2.19. The molecule has 0 radical (unpaired) electrons. The molecule has 0 aliphatic rings. The number of halogens is 6. The minimum atomic E-state index is -2.79. The van der Waals surface area contributed by atoms with Crippen molar-refractivity contribution in [1.82, 2.24) is 4.57 Å². The van der Waals surface area contributed by atoms with Gasteiger partial charge in [-0.05, 0) is 42.0 Å². The zero-order chi connectivity index (χ0) is 15.8. The smallest absolute Gasteiger partial charge is 0.148 e. The largest absolute Gasteiger partial charge is 0.319 e. The number of benzene rings is 1. The van der Waals surface area contributed by atoms with E-state index in [-0.39, 0.29) is 26.2 Å². The maximum Gasteiger partial charge on any atom is 0.148 e. The van der Waals surface area contributed by atoms with Gasteiger partial charge in [-0.2, -0.15) is 5.26 Å². The maximum atomic E-state index is 13.2. The monoisotopic (exact) mass is 388 g/mol. The van der Waals surface area contributed by atoms with Crippen molar-refractivity contribution in [3.8, 4) is 11.8 Å². The molecular formula is C12H6Cl4F2N2S. The van der Waals surface area contributed by atoms with Crippen molar-refractivity contribution in [2.45, 2.75) is 4.90 Å². The van der Waals surface area contributed by atoms with Crippen LogP contribution in [0.1, 0.15) is 5.56 Å². The van der Waals surface area contributed by atoms with Gasteiger partial charge in [0.05, 0.1) is 26.2 Å². The SMILES string of the molecule is N#Cc1cn(-c2c(Cl)cc(F)cc2Cl)cc1S(Cl)(Cl)CF. The fraction of sp³-hybridized carbons (Fsp3) is 0.0833. The minimum absolute atomic E-state index is 0.0380.